The van der Waals surface area contributed by atoms with Crippen molar-refractivity contribution < 1.29 is 27.4 Å². The van der Waals surface area contributed by atoms with Crippen LogP contribution in [0, 0.1) is 17.7 Å². The molecule has 3 heterocycles. The van der Waals surface area contributed by atoms with Crippen LogP contribution in [0.15, 0.2) is 29.4 Å². The van der Waals surface area contributed by atoms with E-state index in [1.165, 1.54) is 37.1 Å². The summed E-state index contributed by atoms with van der Waals surface area (Å²) in [5, 5.41) is 2.87. The summed E-state index contributed by atoms with van der Waals surface area (Å²) in [7, 11) is 1.23. The Labute approximate surface area is 185 Å². The Morgan fingerprint density at radius 3 is 3.00 bits per heavy atom. The number of alkyl halides is 1. The Hall–Kier alpha value is -2.86. The van der Waals surface area contributed by atoms with Gasteiger partial charge in [0.25, 0.3) is 5.91 Å². The van der Waals surface area contributed by atoms with E-state index in [0.29, 0.717) is 12.2 Å². The number of hydrogen-bond acceptors (Lipinski definition) is 8. The van der Waals surface area contributed by atoms with E-state index < -0.39 is 41.9 Å². The van der Waals surface area contributed by atoms with E-state index in [0.717, 1.165) is 6.20 Å². The molecular weight excluding hydrogens is 447 g/mol. The minimum Gasteiger partial charge on any atom is -0.479 e. The van der Waals surface area contributed by atoms with Gasteiger partial charge in [0, 0.05) is 35.9 Å². The van der Waals surface area contributed by atoms with Crippen molar-refractivity contribution in [1.82, 2.24) is 9.97 Å². The minimum absolute atomic E-state index is 0.183. The Morgan fingerprint density at radius 2 is 2.25 bits per heavy atom. The Balaban J connectivity index is 1.71. The molecule has 0 spiro atoms. The number of ether oxygens (including phenoxy) is 2. The molecule has 0 bridgehead atoms. The number of halogens is 3. The molecule has 2 aliphatic rings. The standard InChI is InChI=1S/C20H20F3N5O3S/c1-30-18-16(25-8-15(23)27-18)17(29)26-10-2-3-13(22)11(6-10)20-4-5-31-14(7-21)12(20)9-32-19(24)28-20/h2-3,6,8,12,14H,4-5,7,9H2,1H3,(H2,24,28)(H,26,29)/t12-,14-,20-/m1/s1. The molecule has 1 fully saturated rings. The van der Waals surface area contributed by atoms with Crippen LogP contribution in [-0.4, -0.2) is 53.3 Å². The smallest absolute Gasteiger partial charge is 0.279 e. The van der Waals surface area contributed by atoms with E-state index in [1.807, 2.05) is 0 Å². The molecule has 0 saturated carbocycles. The van der Waals surface area contributed by atoms with Crippen molar-refractivity contribution in [3.05, 3.63) is 47.4 Å². The molecule has 1 amide bonds. The summed E-state index contributed by atoms with van der Waals surface area (Å²) < 4.78 is 52.5. The van der Waals surface area contributed by atoms with Gasteiger partial charge in [0.05, 0.1) is 24.9 Å². The minimum atomic E-state index is -1.12. The number of rotatable bonds is 5. The first-order valence-electron chi connectivity index (χ1n) is 9.71. The summed E-state index contributed by atoms with van der Waals surface area (Å²) >= 11 is 1.27. The van der Waals surface area contributed by atoms with Crippen molar-refractivity contribution in [2.45, 2.75) is 18.1 Å². The number of carbonyl (C=O) groups excluding carboxylic acids is 1. The summed E-state index contributed by atoms with van der Waals surface area (Å²) in [6.45, 7) is -0.547. The van der Waals surface area contributed by atoms with Gasteiger partial charge in [-0.3, -0.25) is 9.79 Å². The maximum Gasteiger partial charge on any atom is 0.279 e. The van der Waals surface area contributed by atoms with Gasteiger partial charge in [0.2, 0.25) is 11.8 Å². The predicted molar refractivity (Wildman–Crippen MR) is 112 cm³/mol. The highest BCUT2D eigenvalue weighted by Gasteiger charge is 2.51. The fraction of sp³-hybridized carbons (Fsp3) is 0.400. The van der Waals surface area contributed by atoms with Gasteiger partial charge in [0.15, 0.2) is 10.9 Å². The number of fused-ring (bicyclic) bond motifs is 1. The van der Waals surface area contributed by atoms with Crippen LogP contribution < -0.4 is 15.8 Å². The lowest BCUT2D eigenvalue weighted by Crippen LogP contribution is -2.52. The van der Waals surface area contributed by atoms with E-state index in [1.54, 1.807) is 0 Å². The molecular formula is C20H20F3N5O3S. The summed E-state index contributed by atoms with van der Waals surface area (Å²) in [6, 6.07) is 4.00. The number of benzene rings is 1. The zero-order valence-electron chi connectivity index (χ0n) is 17.0. The normalized spacial score (nSPS) is 24.9. The number of methoxy groups -OCH3 is 1. The topological polar surface area (TPSA) is 112 Å². The van der Waals surface area contributed by atoms with Gasteiger partial charge in [-0.2, -0.15) is 9.37 Å². The first-order chi connectivity index (χ1) is 15.4. The molecule has 32 heavy (non-hydrogen) atoms. The lowest BCUT2D eigenvalue weighted by Gasteiger charge is -2.47. The molecule has 2 aliphatic heterocycles. The number of nitrogens with zero attached hydrogens (tertiary/aromatic N) is 3. The molecule has 0 radical (unpaired) electrons. The van der Waals surface area contributed by atoms with E-state index >= 15 is 4.39 Å². The fourth-order valence-corrected chi connectivity index (χ4v) is 5.15. The van der Waals surface area contributed by atoms with Gasteiger partial charge in [0.1, 0.15) is 12.5 Å². The summed E-state index contributed by atoms with van der Waals surface area (Å²) in [5.74, 6) is -2.50. The van der Waals surface area contributed by atoms with Gasteiger partial charge in [-0.15, -0.1) is 0 Å². The molecule has 8 nitrogen and oxygen atoms in total. The van der Waals surface area contributed by atoms with Crippen LogP contribution in [0.1, 0.15) is 22.5 Å². The number of carbonyl (C=O) groups is 1. The first kappa shape index (κ1) is 22.3. The molecule has 1 saturated heterocycles. The average Bonchev–Trinajstić information content (AvgIpc) is 2.79. The number of aliphatic imine (C=N–C) groups is 1. The van der Waals surface area contributed by atoms with Crippen molar-refractivity contribution in [3.63, 3.8) is 0 Å². The SMILES string of the molecule is COc1nc(F)cnc1C(=O)Nc1ccc(F)c([C@]23CCO[C@H](CF)[C@H]2CSC(N)=N3)c1. The van der Waals surface area contributed by atoms with Crippen LogP contribution in [0.25, 0.3) is 0 Å². The van der Waals surface area contributed by atoms with Gasteiger partial charge < -0.3 is 20.5 Å². The zero-order valence-corrected chi connectivity index (χ0v) is 17.8. The largest absolute Gasteiger partial charge is 0.479 e. The fourth-order valence-electron chi connectivity index (χ4n) is 4.08. The predicted octanol–water partition coefficient (Wildman–Crippen LogP) is 2.65. The van der Waals surface area contributed by atoms with Gasteiger partial charge >= 0.3 is 0 Å². The average molecular weight is 467 g/mol. The van der Waals surface area contributed by atoms with Crippen LogP contribution >= 0.6 is 11.8 Å². The van der Waals surface area contributed by atoms with Gasteiger partial charge in [-0.05, 0) is 18.2 Å². The quantitative estimate of drug-likeness (QED) is 0.695. The molecule has 4 rings (SSSR count). The number of aromatic nitrogens is 2. The summed E-state index contributed by atoms with van der Waals surface area (Å²) in [6.07, 6.45) is 0.346. The Morgan fingerprint density at radius 1 is 1.44 bits per heavy atom. The highest BCUT2D eigenvalue weighted by atomic mass is 32.2. The number of anilines is 1. The van der Waals surface area contributed by atoms with E-state index in [4.69, 9.17) is 15.2 Å². The number of amides is 1. The second-order valence-electron chi connectivity index (χ2n) is 7.30. The molecule has 2 aromatic rings. The lowest BCUT2D eigenvalue weighted by molar-refractivity contribution is -0.0714. The monoisotopic (exact) mass is 467 g/mol. The third kappa shape index (κ3) is 3.99. The molecule has 12 heteroatoms. The lowest BCUT2D eigenvalue weighted by atomic mass is 9.72. The van der Waals surface area contributed by atoms with Gasteiger partial charge in [-0.25, -0.2) is 13.8 Å². The molecule has 1 aromatic heterocycles. The second-order valence-corrected chi connectivity index (χ2v) is 8.34. The number of amidine groups is 1. The molecule has 1 aromatic carbocycles. The van der Waals surface area contributed by atoms with Crippen molar-refractivity contribution >= 4 is 28.5 Å². The number of thioether (sulfide) groups is 1. The van der Waals surface area contributed by atoms with Crippen LogP contribution in [0.5, 0.6) is 5.88 Å². The van der Waals surface area contributed by atoms with Crippen LogP contribution in [0.2, 0.25) is 0 Å². The zero-order chi connectivity index (χ0) is 22.9. The van der Waals surface area contributed by atoms with E-state index in [9.17, 15) is 13.6 Å². The molecule has 0 aliphatic carbocycles. The first-order valence-corrected chi connectivity index (χ1v) is 10.7. The molecule has 3 N–H and O–H groups in total. The van der Waals surface area contributed by atoms with Crippen molar-refractivity contribution in [3.8, 4) is 5.88 Å². The van der Waals surface area contributed by atoms with Crippen molar-refractivity contribution in [2.24, 2.45) is 16.6 Å². The van der Waals surface area contributed by atoms with E-state index in [2.05, 4.69) is 20.3 Å². The third-order valence-electron chi connectivity index (χ3n) is 5.56. The second kappa shape index (κ2) is 8.94. The van der Waals surface area contributed by atoms with Gasteiger partial charge in [-0.1, -0.05) is 11.8 Å². The molecule has 0 unspecified atom stereocenters. The molecule has 170 valence electrons. The van der Waals surface area contributed by atoms with Crippen molar-refractivity contribution in [1.29, 1.82) is 0 Å². The third-order valence-corrected chi connectivity index (χ3v) is 6.47. The van der Waals surface area contributed by atoms with Crippen LogP contribution in [0.3, 0.4) is 0 Å². The number of nitrogens with one attached hydrogen (secondary N) is 1. The van der Waals surface area contributed by atoms with Crippen LogP contribution in [0.4, 0.5) is 18.9 Å². The number of hydrogen-bond donors (Lipinski definition) is 2. The van der Waals surface area contributed by atoms with E-state index in [-0.39, 0.29) is 34.6 Å². The Bertz CT molecular complexity index is 1070. The van der Waals surface area contributed by atoms with Crippen LogP contribution in [-0.2, 0) is 10.3 Å². The Kier molecular flexibility index (Phi) is 6.24. The maximum atomic E-state index is 15.1. The number of nitrogens with two attached hydrogens (primary N) is 1. The summed E-state index contributed by atoms with van der Waals surface area (Å²) in [4.78, 5) is 24.4. The highest BCUT2D eigenvalue weighted by Crippen LogP contribution is 2.48. The maximum absolute atomic E-state index is 15.1. The summed E-state index contributed by atoms with van der Waals surface area (Å²) in [5.41, 5.74) is 5.03. The molecule has 3 atom stereocenters. The highest BCUT2D eigenvalue weighted by molar-refractivity contribution is 8.13. The van der Waals surface area contributed by atoms with Crippen molar-refractivity contribution in [2.75, 3.05) is 31.5 Å².